The third-order valence-corrected chi connectivity index (χ3v) is 6.04. The van der Waals surface area contributed by atoms with E-state index in [1.54, 1.807) is 25.1 Å². The number of nitrogens with one attached hydrogen (secondary N) is 1. The van der Waals surface area contributed by atoms with Crippen molar-refractivity contribution in [3.63, 3.8) is 0 Å². The molecule has 0 saturated carbocycles. The highest BCUT2D eigenvalue weighted by atomic mass is 35.5. The van der Waals surface area contributed by atoms with Crippen LogP contribution in [0.2, 0.25) is 4.34 Å². The van der Waals surface area contributed by atoms with Crippen molar-refractivity contribution in [3.05, 3.63) is 34.2 Å². The standard InChI is InChI=1S/C13H12ClNO4S2/c1-8-6-10-11(19-5-4-18-10)7-9(8)15-21(16,17)13-3-2-12(14)20-13/h2-3,6-7,15H,4-5H2,1H3. The molecule has 0 saturated heterocycles. The van der Waals surface area contributed by atoms with Gasteiger partial charge in [-0.05, 0) is 30.7 Å². The van der Waals surface area contributed by atoms with E-state index in [2.05, 4.69) is 4.72 Å². The molecule has 0 fully saturated rings. The second-order valence-electron chi connectivity index (χ2n) is 4.47. The molecule has 1 N–H and O–H groups in total. The lowest BCUT2D eigenvalue weighted by molar-refractivity contribution is 0.171. The Balaban J connectivity index is 1.94. The van der Waals surface area contributed by atoms with Crippen molar-refractivity contribution in [2.24, 2.45) is 0 Å². The molecular weight excluding hydrogens is 334 g/mol. The van der Waals surface area contributed by atoms with Gasteiger partial charge in [-0.3, -0.25) is 4.72 Å². The molecule has 0 radical (unpaired) electrons. The van der Waals surface area contributed by atoms with E-state index < -0.39 is 10.0 Å². The number of halogens is 1. The first-order chi connectivity index (χ1) is 9.95. The number of sulfonamides is 1. The van der Waals surface area contributed by atoms with Gasteiger partial charge in [0, 0.05) is 6.07 Å². The number of anilines is 1. The van der Waals surface area contributed by atoms with Gasteiger partial charge in [-0.1, -0.05) is 11.6 Å². The zero-order chi connectivity index (χ0) is 15.0. The summed E-state index contributed by atoms with van der Waals surface area (Å²) >= 11 is 6.79. The van der Waals surface area contributed by atoms with E-state index in [0.29, 0.717) is 34.7 Å². The molecule has 2 aromatic rings. The highest BCUT2D eigenvalue weighted by Crippen LogP contribution is 2.36. The van der Waals surface area contributed by atoms with Gasteiger partial charge in [0.15, 0.2) is 11.5 Å². The molecule has 3 rings (SSSR count). The number of hydrogen-bond donors (Lipinski definition) is 1. The molecule has 1 aliphatic heterocycles. The van der Waals surface area contributed by atoms with Crippen molar-refractivity contribution in [2.45, 2.75) is 11.1 Å². The second kappa shape index (κ2) is 5.40. The lowest BCUT2D eigenvalue weighted by Crippen LogP contribution is -2.17. The monoisotopic (exact) mass is 345 g/mol. The fraction of sp³-hybridized carbons (Fsp3) is 0.231. The Morgan fingerprint density at radius 1 is 1.19 bits per heavy atom. The number of rotatable bonds is 3. The van der Waals surface area contributed by atoms with E-state index >= 15 is 0 Å². The minimum absolute atomic E-state index is 0.168. The summed E-state index contributed by atoms with van der Waals surface area (Å²) in [4.78, 5) is 0. The number of aryl methyl sites for hydroxylation is 1. The Morgan fingerprint density at radius 3 is 2.48 bits per heavy atom. The van der Waals surface area contributed by atoms with E-state index in [1.807, 2.05) is 0 Å². The number of ether oxygens (including phenoxy) is 2. The van der Waals surface area contributed by atoms with Crippen LogP contribution in [0.3, 0.4) is 0 Å². The zero-order valence-electron chi connectivity index (χ0n) is 11.1. The van der Waals surface area contributed by atoms with Gasteiger partial charge in [-0.25, -0.2) is 8.42 Å². The van der Waals surface area contributed by atoms with Crippen LogP contribution < -0.4 is 14.2 Å². The zero-order valence-corrected chi connectivity index (χ0v) is 13.4. The maximum Gasteiger partial charge on any atom is 0.271 e. The Morgan fingerprint density at radius 2 is 1.86 bits per heavy atom. The fourth-order valence-corrected chi connectivity index (χ4v) is 4.54. The van der Waals surface area contributed by atoms with Gasteiger partial charge in [0.25, 0.3) is 10.0 Å². The van der Waals surface area contributed by atoms with Crippen LogP contribution in [0.4, 0.5) is 5.69 Å². The largest absolute Gasteiger partial charge is 0.486 e. The lowest BCUT2D eigenvalue weighted by Gasteiger charge is -2.20. The molecule has 112 valence electrons. The van der Waals surface area contributed by atoms with Crippen LogP contribution in [0.15, 0.2) is 28.5 Å². The normalized spacial score (nSPS) is 14.0. The molecule has 0 atom stereocenters. The SMILES string of the molecule is Cc1cc2c(cc1NS(=O)(=O)c1ccc(Cl)s1)OCCO2. The van der Waals surface area contributed by atoms with Gasteiger partial charge in [0.1, 0.15) is 17.4 Å². The van der Waals surface area contributed by atoms with Gasteiger partial charge < -0.3 is 9.47 Å². The molecule has 8 heteroatoms. The summed E-state index contributed by atoms with van der Waals surface area (Å²) in [6.07, 6.45) is 0. The number of thiophene rings is 1. The minimum Gasteiger partial charge on any atom is -0.486 e. The fourth-order valence-electron chi connectivity index (χ4n) is 1.94. The summed E-state index contributed by atoms with van der Waals surface area (Å²) in [6, 6.07) is 6.42. The number of benzene rings is 1. The van der Waals surface area contributed by atoms with Gasteiger partial charge in [-0.15, -0.1) is 11.3 Å². The molecule has 0 amide bonds. The minimum atomic E-state index is -3.65. The highest BCUT2D eigenvalue weighted by molar-refractivity contribution is 7.94. The van der Waals surface area contributed by atoms with Gasteiger partial charge in [0.2, 0.25) is 0 Å². The van der Waals surface area contributed by atoms with E-state index in [0.717, 1.165) is 16.9 Å². The van der Waals surface area contributed by atoms with Crippen molar-refractivity contribution >= 4 is 38.6 Å². The van der Waals surface area contributed by atoms with Crippen LogP contribution in [0, 0.1) is 6.92 Å². The average molecular weight is 346 g/mol. The van der Waals surface area contributed by atoms with Crippen LogP contribution in [0.1, 0.15) is 5.56 Å². The molecule has 1 aromatic carbocycles. The number of hydrogen-bond acceptors (Lipinski definition) is 5. The number of fused-ring (bicyclic) bond motifs is 1. The molecule has 1 aromatic heterocycles. The summed E-state index contributed by atoms with van der Waals surface area (Å²) in [7, 11) is -3.65. The third-order valence-electron chi connectivity index (χ3n) is 2.95. The lowest BCUT2D eigenvalue weighted by atomic mass is 10.2. The quantitative estimate of drug-likeness (QED) is 0.927. The van der Waals surface area contributed by atoms with E-state index in [4.69, 9.17) is 21.1 Å². The highest BCUT2D eigenvalue weighted by Gasteiger charge is 2.20. The summed E-state index contributed by atoms with van der Waals surface area (Å²) < 4.78 is 38.7. The van der Waals surface area contributed by atoms with Gasteiger partial charge >= 0.3 is 0 Å². The summed E-state index contributed by atoms with van der Waals surface area (Å²) in [5.74, 6) is 1.16. The molecule has 5 nitrogen and oxygen atoms in total. The third kappa shape index (κ3) is 2.95. The van der Waals surface area contributed by atoms with Gasteiger partial charge in [0.05, 0.1) is 10.0 Å². The molecular formula is C13H12ClNO4S2. The molecule has 1 aliphatic rings. The Kier molecular flexibility index (Phi) is 3.73. The van der Waals surface area contributed by atoms with Crippen LogP contribution in [0.5, 0.6) is 11.5 Å². The first kappa shape index (κ1) is 14.5. The second-order valence-corrected chi connectivity index (χ2v) is 8.10. The summed E-state index contributed by atoms with van der Waals surface area (Å²) in [5.41, 5.74) is 1.22. The predicted octanol–water partition coefficient (Wildman–Crippen LogP) is 3.28. The molecule has 21 heavy (non-hydrogen) atoms. The average Bonchev–Trinajstić information content (AvgIpc) is 2.87. The molecule has 0 unspecified atom stereocenters. The van der Waals surface area contributed by atoms with Crippen molar-refractivity contribution in [3.8, 4) is 11.5 Å². The Labute approximate surface area is 131 Å². The van der Waals surface area contributed by atoms with Crippen LogP contribution in [0.25, 0.3) is 0 Å². The molecule has 0 bridgehead atoms. The Bertz CT molecular complexity index is 785. The first-order valence-electron chi connectivity index (χ1n) is 6.14. The van der Waals surface area contributed by atoms with E-state index in [1.165, 1.54) is 6.07 Å². The predicted molar refractivity (Wildman–Crippen MR) is 82.3 cm³/mol. The molecule has 0 spiro atoms. The Hall–Kier alpha value is -1.44. The first-order valence-corrected chi connectivity index (χ1v) is 8.82. The van der Waals surface area contributed by atoms with E-state index in [-0.39, 0.29) is 4.21 Å². The smallest absolute Gasteiger partial charge is 0.271 e. The van der Waals surface area contributed by atoms with Gasteiger partial charge in [-0.2, -0.15) is 0 Å². The van der Waals surface area contributed by atoms with Crippen LogP contribution in [-0.4, -0.2) is 21.6 Å². The van der Waals surface area contributed by atoms with Crippen molar-refractivity contribution in [1.29, 1.82) is 0 Å². The summed E-state index contributed by atoms with van der Waals surface area (Å²) in [5, 5.41) is 0. The van der Waals surface area contributed by atoms with Crippen LogP contribution in [-0.2, 0) is 10.0 Å². The molecule has 0 aliphatic carbocycles. The van der Waals surface area contributed by atoms with Crippen LogP contribution >= 0.6 is 22.9 Å². The topological polar surface area (TPSA) is 64.6 Å². The van der Waals surface area contributed by atoms with E-state index in [9.17, 15) is 8.42 Å². The molecule has 2 heterocycles. The van der Waals surface area contributed by atoms with Crippen molar-refractivity contribution in [2.75, 3.05) is 17.9 Å². The maximum atomic E-state index is 12.3. The summed E-state index contributed by atoms with van der Waals surface area (Å²) in [6.45, 7) is 2.74. The maximum absolute atomic E-state index is 12.3. The van der Waals surface area contributed by atoms with Crippen molar-refractivity contribution in [1.82, 2.24) is 0 Å². The van der Waals surface area contributed by atoms with Crippen molar-refractivity contribution < 1.29 is 17.9 Å².